The molecule has 2 aliphatic heterocycles. The third-order valence-corrected chi connectivity index (χ3v) is 7.83. The number of hydrogen-bond acceptors (Lipinski definition) is 13. The first-order valence-electron chi connectivity index (χ1n) is 10.3. The molecule has 0 radical (unpaired) electrons. The normalized spacial score (nSPS) is 19.4. The number of aryl methyl sites for hydroxylation is 1. The van der Waals surface area contributed by atoms with Crippen LogP contribution < -0.4 is 11.1 Å². The molecule has 1 saturated heterocycles. The SMILES string of the molecule is Cc1ncsc1C=CC1=C(OC(=O)O)N2C(=O)C(NC(=O)C(=NOCC(=O)O)c3csc(N)n3)[C@@H]2SC1. The minimum Gasteiger partial charge on any atom is -0.479 e. The van der Waals surface area contributed by atoms with E-state index >= 15 is 0 Å². The van der Waals surface area contributed by atoms with Gasteiger partial charge in [0.2, 0.25) is 12.5 Å². The lowest BCUT2D eigenvalue weighted by Gasteiger charge is -2.48. The van der Waals surface area contributed by atoms with E-state index in [1.165, 1.54) is 28.5 Å². The van der Waals surface area contributed by atoms with E-state index in [1.54, 1.807) is 17.7 Å². The highest BCUT2D eigenvalue weighted by Gasteiger charge is 2.54. The third kappa shape index (κ3) is 5.73. The van der Waals surface area contributed by atoms with Gasteiger partial charge in [-0.05, 0) is 13.0 Å². The van der Waals surface area contributed by atoms with Gasteiger partial charge in [-0.3, -0.25) is 14.5 Å². The van der Waals surface area contributed by atoms with Crippen LogP contribution in [0.25, 0.3) is 6.08 Å². The molecule has 37 heavy (non-hydrogen) atoms. The van der Waals surface area contributed by atoms with E-state index in [-0.39, 0.29) is 22.4 Å². The molecule has 0 spiro atoms. The van der Waals surface area contributed by atoms with Crippen molar-refractivity contribution in [1.29, 1.82) is 0 Å². The lowest BCUT2D eigenvalue weighted by Crippen LogP contribution is -2.70. The molecule has 2 atom stereocenters. The van der Waals surface area contributed by atoms with Crippen LogP contribution in [0.3, 0.4) is 0 Å². The molecule has 0 bridgehead atoms. The fraction of sp³-hybridized carbons (Fsp3) is 0.250. The molecule has 194 valence electrons. The molecule has 1 unspecified atom stereocenters. The topological polar surface area (TPSA) is 207 Å². The van der Waals surface area contributed by atoms with Gasteiger partial charge >= 0.3 is 12.1 Å². The molecule has 2 aliphatic rings. The van der Waals surface area contributed by atoms with Gasteiger partial charge in [0.1, 0.15) is 17.1 Å². The van der Waals surface area contributed by atoms with Crippen LogP contribution in [-0.2, 0) is 24.0 Å². The summed E-state index contributed by atoms with van der Waals surface area (Å²) in [6, 6.07) is -1.04. The first-order chi connectivity index (χ1) is 17.7. The van der Waals surface area contributed by atoms with Crippen molar-refractivity contribution in [2.75, 3.05) is 18.1 Å². The molecule has 0 aromatic carbocycles. The lowest BCUT2D eigenvalue weighted by atomic mass is 10.1. The van der Waals surface area contributed by atoms with Gasteiger partial charge in [0, 0.05) is 21.6 Å². The highest BCUT2D eigenvalue weighted by Crippen LogP contribution is 2.41. The number of anilines is 1. The van der Waals surface area contributed by atoms with Crippen LogP contribution in [0, 0.1) is 6.92 Å². The second-order valence-corrected chi connectivity index (χ2v) is 10.3. The van der Waals surface area contributed by atoms with Crippen LogP contribution in [0.5, 0.6) is 0 Å². The van der Waals surface area contributed by atoms with Crippen LogP contribution in [0.4, 0.5) is 9.93 Å². The van der Waals surface area contributed by atoms with E-state index < -0.39 is 42.0 Å². The summed E-state index contributed by atoms with van der Waals surface area (Å²) in [4.78, 5) is 62.9. The number of allylic oxidation sites excluding steroid dienone is 1. The number of fused-ring (bicyclic) bond motifs is 1. The molecule has 4 rings (SSSR count). The summed E-state index contributed by atoms with van der Waals surface area (Å²) in [5.74, 6) is -2.62. The minimum absolute atomic E-state index is 0.0332. The minimum atomic E-state index is -1.59. The number of aromatic nitrogens is 2. The fourth-order valence-corrected chi connectivity index (χ4v) is 5.84. The molecule has 1 fully saturated rings. The number of hydrogen-bond donors (Lipinski definition) is 4. The monoisotopic (exact) mass is 566 g/mol. The molecule has 4 heterocycles. The van der Waals surface area contributed by atoms with Crippen LogP contribution >= 0.6 is 34.4 Å². The Balaban J connectivity index is 1.54. The number of β-lactam (4-membered cyclic amide) rings is 1. The largest absolute Gasteiger partial charge is 0.512 e. The molecule has 14 nitrogen and oxygen atoms in total. The Morgan fingerprint density at radius 2 is 2.11 bits per heavy atom. The van der Waals surface area contributed by atoms with Gasteiger partial charge in [-0.1, -0.05) is 11.2 Å². The average molecular weight is 567 g/mol. The molecule has 2 aromatic heterocycles. The van der Waals surface area contributed by atoms with Crippen molar-refractivity contribution < 1.29 is 39.0 Å². The highest BCUT2D eigenvalue weighted by molar-refractivity contribution is 8.00. The second kappa shape index (κ2) is 11.0. The van der Waals surface area contributed by atoms with Crippen molar-refractivity contribution in [3.63, 3.8) is 0 Å². The van der Waals surface area contributed by atoms with E-state index in [2.05, 4.69) is 20.4 Å². The van der Waals surface area contributed by atoms with Gasteiger partial charge in [0.25, 0.3) is 11.8 Å². The molecular formula is C20H18N6O8S3. The van der Waals surface area contributed by atoms with E-state index in [0.717, 1.165) is 26.8 Å². The van der Waals surface area contributed by atoms with E-state index in [9.17, 15) is 24.3 Å². The number of carbonyl (C=O) groups excluding carboxylic acids is 2. The number of carbonyl (C=O) groups is 4. The zero-order chi connectivity index (χ0) is 26.7. The highest BCUT2D eigenvalue weighted by atomic mass is 32.2. The van der Waals surface area contributed by atoms with Crippen molar-refractivity contribution in [3.8, 4) is 0 Å². The van der Waals surface area contributed by atoms with Crippen LogP contribution in [-0.4, -0.2) is 78.5 Å². The Kier molecular flexibility index (Phi) is 7.74. The number of nitrogens with zero attached hydrogens (tertiary/aromatic N) is 4. The summed E-state index contributed by atoms with van der Waals surface area (Å²) in [5, 5.41) is 25.0. The van der Waals surface area contributed by atoms with Gasteiger partial charge in [-0.25, -0.2) is 19.6 Å². The van der Waals surface area contributed by atoms with Gasteiger partial charge in [-0.2, -0.15) is 0 Å². The number of oxime groups is 1. The number of aliphatic carboxylic acids is 1. The average Bonchev–Trinajstić information content (AvgIpc) is 3.45. The summed E-state index contributed by atoms with van der Waals surface area (Å²) in [5.41, 5.74) is 8.23. The van der Waals surface area contributed by atoms with Crippen molar-refractivity contribution >= 4 is 75.3 Å². The van der Waals surface area contributed by atoms with Crippen LogP contribution in [0.1, 0.15) is 16.3 Å². The number of nitrogen functional groups attached to an aromatic ring is 1. The molecule has 2 aromatic rings. The van der Waals surface area contributed by atoms with Crippen molar-refractivity contribution in [2.45, 2.75) is 18.3 Å². The number of nitrogens with two attached hydrogens (primary N) is 1. The standard InChI is InChI=1S/C20H18N6O8S3/c1-8-11(37-7-22-8)3-2-9-5-35-18-14(16(30)26(18)17(9)34-20(31)32)24-15(29)13(25-33-4-12(27)28)10-6-36-19(21)23-10/h2-3,6-7,14,18H,4-5H2,1H3,(H2,21,23)(H,24,29)(H,27,28)(H,31,32)/t14?,18-/m0/s1. The number of ether oxygens (including phenoxy) is 1. The second-order valence-electron chi connectivity index (χ2n) is 7.37. The van der Waals surface area contributed by atoms with Crippen molar-refractivity contribution in [1.82, 2.24) is 20.2 Å². The van der Waals surface area contributed by atoms with Gasteiger partial charge < -0.3 is 30.8 Å². The number of thiazole rings is 2. The maximum atomic E-state index is 13.0. The number of amides is 2. The Morgan fingerprint density at radius 1 is 1.32 bits per heavy atom. The Morgan fingerprint density at radius 3 is 2.73 bits per heavy atom. The van der Waals surface area contributed by atoms with Gasteiger partial charge in [-0.15, -0.1) is 34.4 Å². The maximum absolute atomic E-state index is 13.0. The zero-order valence-electron chi connectivity index (χ0n) is 18.8. The fourth-order valence-electron chi connectivity index (χ4n) is 3.30. The van der Waals surface area contributed by atoms with Crippen molar-refractivity contribution in [3.05, 3.63) is 44.7 Å². The Hall–Kier alpha value is -3.96. The number of carboxylic acids is 1. The van der Waals surface area contributed by atoms with Crippen LogP contribution in [0.15, 0.2) is 33.6 Å². The number of carboxylic acid groups (broad SMARTS) is 2. The molecule has 0 aliphatic carbocycles. The number of rotatable bonds is 9. The first kappa shape index (κ1) is 26.1. The first-order valence-corrected chi connectivity index (χ1v) is 13.1. The third-order valence-electron chi connectivity index (χ3n) is 4.96. The quantitative estimate of drug-likeness (QED) is 0.147. The maximum Gasteiger partial charge on any atom is 0.512 e. The summed E-state index contributed by atoms with van der Waals surface area (Å²) in [7, 11) is 0. The van der Waals surface area contributed by atoms with E-state index in [4.69, 9.17) is 20.4 Å². The number of thioether (sulfide) groups is 1. The summed E-state index contributed by atoms with van der Waals surface area (Å²) in [6.07, 6.45) is 1.84. The molecule has 5 N–H and O–H groups in total. The van der Waals surface area contributed by atoms with Gasteiger partial charge in [0.05, 0.1) is 11.2 Å². The molecule has 17 heteroatoms. The number of nitrogens with one attached hydrogen (secondary N) is 1. The lowest BCUT2D eigenvalue weighted by molar-refractivity contribution is -0.148. The van der Waals surface area contributed by atoms with Gasteiger partial charge in [0.15, 0.2) is 10.8 Å². The summed E-state index contributed by atoms with van der Waals surface area (Å²) in [6.45, 7) is 1.03. The van der Waals surface area contributed by atoms with Crippen LogP contribution in [0.2, 0.25) is 0 Å². The summed E-state index contributed by atoms with van der Waals surface area (Å²) < 4.78 is 4.95. The zero-order valence-corrected chi connectivity index (χ0v) is 21.3. The predicted molar refractivity (Wildman–Crippen MR) is 134 cm³/mol. The Labute approximate surface area is 220 Å². The molecule has 2 amide bonds. The summed E-state index contributed by atoms with van der Waals surface area (Å²) >= 11 is 3.73. The van der Waals surface area contributed by atoms with E-state index in [1.807, 2.05) is 6.92 Å². The smallest absolute Gasteiger partial charge is 0.479 e. The molecular weight excluding hydrogens is 548 g/mol. The molecule has 0 saturated carbocycles. The predicted octanol–water partition coefficient (Wildman–Crippen LogP) is 1.32. The van der Waals surface area contributed by atoms with E-state index in [0.29, 0.717) is 11.3 Å². The van der Waals surface area contributed by atoms with Crippen molar-refractivity contribution in [2.24, 2.45) is 5.16 Å². The Bertz CT molecular complexity index is 1350.